The van der Waals surface area contributed by atoms with Crippen LogP contribution in [0, 0.1) is 0 Å². The minimum absolute atomic E-state index is 0.0679. The lowest BCUT2D eigenvalue weighted by Gasteiger charge is -2.29. The van der Waals surface area contributed by atoms with Crippen molar-refractivity contribution in [2.45, 2.75) is 95.3 Å². The number of aliphatic hydroxyl groups is 1. The Balaban J connectivity index is 1.96. The Bertz CT molecular complexity index is 211. The van der Waals surface area contributed by atoms with Crippen LogP contribution in [0.4, 0.5) is 0 Å². The van der Waals surface area contributed by atoms with Gasteiger partial charge in [-0.05, 0) is 43.3 Å². The molecule has 0 radical (unpaired) electrons. The predicted molar refractivity (Wildman–Crippen MR) is 83.9 cm³/mol. The van der Waals surface area contributed by atoms with Gasteiger partial charge in [-0.2, -0.15) is 0 Å². The molecule has 0 aromatic rings. The van der Waals surface area contributed by atoms with Gasteiger partial charge in [0.2, 0.25) is 0 Å². The second kappa shape index (κ2) is 11.0. The first-order valence-electron chi connectivity index (χ1n) is 8.31. The van der Waals surface area contributed by atoms with Crippen molar-refractivity contribution >= 4 is 11.2 Å². The highest BCUT2D eigenvalue weighted by Crippen LogP contribution is 2.25. The normalized spacial score (nSPS) is 25.4. The van der Waals surface area contributed by atoms with E-state index in [9.17, 15) is 9.66 Å². The number of unbranched alkanes of at least 4 members (excludes halogenated alkanes) is 7. The molecule has 0 aromatic carbocycles. The molecule has 0 aromatic heterocycles. The average molecular weight is 288 g/mol. The van der Waals surface area contributed by atoms with Crippen molar-refractivity contribution in [3.63, 3.8) is 0 Å². The zero-order chi connectivity index (χ0) is 13.9. The molecule has 1 saturated carbocycles. The van der Waals surface area contributed by atoms with Gasteiger partial charge in [0.05, 0.1) is 0 Å². The summed E-state index contributed by atoms with van der Waals surface area (Å²) in [4.78, 5) is 0. The molecule has 1 rings (SSSR count). The lowest BCUT2D eigenvalue weighted by atomic mass is 9.97. The molecule has 1 fully saturated rings. The van der Waals surface area contributed by atoms with Gasteiger partial charge in [-0.15, -0.1) is 0 Å². The van der Waals surface area contributed by atoms with Crippen LogP contribution in [0.25, 0.3) is 0 Å². The number of hydrogen-bond donors (Lipinski definition) is 1. The van der Waals surface area contributed by atoms with Crippen LogP contribution in [-0.4, -0.2) is 26.8 Å². The van der Waals surface area contributed by atoms with Gasteiger partial charge >= 0.3 is 0 Å². The summed E-state index contributed by atoms with van der Waals surface area (Å²) in [6, 6.07) is 0. The van der Waals surface area contributed by atoms with Crippen molar-refractivity contribution in [2.24, 2.45) is 0 Å². The molecule has 0 aliphatic heterocycles. The second-order valence-electron chi connectivity index (χ2n) is 5.95. The summed E-state index contributed by atoms with van der Waals surface area (Å²) in [5.74, 6) is 0.802. The molecular formula is C16H32O2S. The minimum atomic E-state index is -0.797. The van der Waals surface area contributed by atoms with Crippen molar-refractivity contribution in [1.82, 2.24) is 0 Å². The van der Waals surface area contributed by atoms with Crippen LogP contribution in [0.3, 0.4) is 0 Å². The average Bonchev–Trinajstić information content (AvgIpc) is 2.42. The molecule has 3 heteroatoms. The largest absolute Gasteiger partial charge is 0.616 e. The molecule has 19 heavy (non-hydrogen) atoms. The number of rotatable bonds is 10. The molecule has 0 bridgehead atoms. The SMILES string of the molecule is CCCCCCCCCC[S+]([O-])[C@H]1CCCC[C@@H]1O. The fourth-order valence-electron chi connectivity index (χ4n) is 2.91. The summed E-state index contributed by atoms with van der Waals surface area (Å²) in [7, 11) is 0. The fraction of sp³-hybridized carbons (Fsp3) is 1.00. The molecule has 2 nitrogen and oxygen atoms in total. The van der Waals surface area contributed by atoms with E-state index in [1.165, 1.54) is 44.9 Å². The highest BCUT2D eigenvalue weighted by molar-refractivity contribution is 7.92. The smallest absolute Gasteiger partial charge is 0.141 e. The zero-order valence-corrected chi connectivity index (χ0v) is 13.4. The number of hydrogen-bond acceptors (Lipinski definition) is 2. The van der Waals surface area contributed by atoms with Gasteiger partial charge in [0, 0.05) is 0 Å². The molecule has 0 spiro atoms. The Kier molecular flexibility index (Phi) is 10.0. The predicted octanol–water partition coefficient (Wildman–Crippen LogP) is 4.18. The van der Waals surface area contributed by atoms with Gasteiger partial charge in [0.1, 0.15) is 17.1 Å². The van der Waals surface area contributed by atoms with E-state index in [2.05, 4.69) is 6.92 Å². The first kappa shape index (κ1) is 17.3. The van der Waals surface area contributed by atoms with Crippen molar-refractivity contribution in [1.29, 1.82) is 0 Å². The molecule has 114 valence electrons. The van der Waals surface area contributed by atoms with Crippen LogP contribution >= 0.6 is 0 Å². The summed E-state index contributed by atoms with van der Waals surface area (Å²) in [5, 5.41) is 9.94. The standard InChI is InChI=1S/C16H32O2S/c1-2-3-4-5-6-7-8-11-14-19(18)16-13-10-9-12-15(16)17/h15-17H,2-14H2,1H3/t15-,16-,19?/m0/s1. The highest BCUT2D eigenvalue weighted by Gasteiger charge is 2.32. The molecule has 0 amide bonds. The van der Waals surface area contributed by atoms with Gasteiger partial charge < -0.3 is 9.66 Å². The maximum absolute atomic E-state index is 12.1. The minimum Gasteiger partial charge on any atom is -0.616 e. The summed E-state index contributed by atoms with van der Waals surface area (Å²) in [6.45, 7) is 2.25. The van der Waals surface area contributed by atoms with Crippen molar-refractivity contribution in [3.8, 4) is 0 Å². The van der Waals surface area contributed by atoms with Crippen LogP contribution in [0.1, 0.15) is 84.0 Å². The topological polar surface area (TPSA) is 43.3 Å². The fourth-order valence-corrected chi connectivity index (χ4v) is 4.62. The monoisotopic (exact) mass is 288 g/mol. The van der Waals surface area contributed by atoms with E-state index >= 15 is 0 Å². The summed E-state index contributed by atoms with van der Waals surface area (Å²) in [5.41, 5.74) is 0. The Morgan fingerprint density at radius 2 is 1.53 bits per heavy atom. The maximum Gasteiger partial charge on any atom is 0.141 e. The van der Waals surface area contributed by atoms with Gasteiger partial charge in [-0.3, -0.25) is 0 Å². The van der Waals surface area contributed by atoms with Crippen molar-refractivity contribution in [3.05, 3.63) is 0 Å². The molecule has 1 aliphatic carbocycles. The Morgan fingerprint density at radius 1 is 0.947 bits per heavy atom. The van der Waals surface area contributed by atoms with Crippen molar-refractivity contribution < 1.29 is 9.66 Å². The van der Waals surface area contributed by atoms with Gasteiger partial charge in [0.25, 0.3) is 0 Å². The zero-order valence-electron chi connectivity index (χ0n) is 12.6. The molecule has 0 saturated heterocycles. The summed E-state index contributed by atoms with van der Waals surface area (Å²) < 4.78 is 12.1. The Hall–Kier alpha value is 0.270. The van der Waals surface area contributed by atoms with Crippen molar-refractivity contribution in [2.75, 3.05) is 5.75 Å². The third kappa shape index (κ3) is 7.57. The van der Waals surface area contributed by atoms with Crippen LogP contribution in [0.5, 0.6) is 0 Å². The lowest BCUT2D eigenvalue weighted by Crippen LogP contribution is -2.38. The van der Waals surface area contributed by atoms with E-state index < -0.39 is 11.2 Å². The third-order valence-corrected chi connectivity index (χ3v) is 6.12. The molecule has 3 atom stereocenters. The van der Waals surface area contributed by atoms with Crippen LogP contribution in [0.2, 0.25) is 0 Å². The van der Waals surface area contributed by atoms with Gasteiger partial charge in [-0.25, -0.2) is 0 Å². The summed E-state index contributed by atoms with van der Waals surface area (Å²) in [6.07, 6.45) is 14.1. The summed E-state index contributed by atoms with van der Waals surface area (Å²) >= 11 is -0.797. The van der Waals surface area contributed by atoms with Crippen LogP contribution < -0.4 is 0 Å². The van der Waals surface area contributed by atoms with Crippen LogP contribution in [0.15, 0.2) is 0 Å². The highest BCUT2D eigenvalue weighted by atomic mass is 32.2. The van der Waals surface area contributed by atoms with E-state index in [-0.39, 0.29) is 11.4 Å². The molecule has 1 N–H and O–H groups in total. The molecule has 1 aliphatic rings. The van der Waals surface area contributed by atoms with Gasteiger partial charge in [-0.1, -0.05) is 51.9 Å². The second-order valence-corrected chi connectivity index (χ2v) is 7.73. The van der Waals surface area contributed by atoms with Crippen LogP contribution in [-0.2, 0) is 11.2 Å². The van der Waals surface area contributed by atoms with E-state index in [1.54, 1.807) is 0 Å². The lowest BCUT2D eigenvalue weighted by molar-refractivity contribution is 0.133. The molecular weight excluding hydrogens is 256 g/mol. The quantitative estimate of drug-likeness (QED) is 0.484. The molecule has 0 heterocycles. The number of aliphatic hydroxyl groups excluding tert-OH is 1. The first-order valence-corrected chi connectivity index (χ1v) is 9.69. The van der Waals surface area contributed by atoms with E-state index in [1.807, 2.05) is 0 Å². The van der Waals surface area contributed by atoms with E-state index in [0.29, 0.717) is 0 Å². The first-order chi connectivity index (χ1) is 9.25. The van der Waals surface area contributed by atoms with E-state index in [4.69, 9.17) is 0 Å². The molecule has 1 unspecified atom stereocenters. The maximum atomic E-state index is 12.1. The van der Waals surface area contributed by atoms with E-state index in [0.717, 1.165) is 37.9 Å². The Labute approximate surface area is 122 Å². The Morgan fingerprint density at radius 3 is 2.16 bits per heavy atom. The third-order valence-electron chi connectivity index (χ3n) is 4.20. The van der Waals surface area contributed by atoms with Gasteiger partial charge in [0.15, 0.2) is 0 Å².